The summed E-state index contributed by atoms with van der Waals surface area (Å²) in [6, 6.07) is 0. The summed E-state index contributed by atoms with van der Waals surface area (Å²) in [4.78, 5) is 47.6. The van der Waals surface area contributed by atoms with Gasteiger partial charge in [0.2, 0.25) is 0 Å². The third-order valence-corrected chi connectivity index (χ3v) is 3.81. The molecule has 2 unspecified atom stereocenters. The lowest BCUT2D eigenvalue weighted by Crippen LogP contribution is -2.45. The number of Topliss-reactive ketones (excluding diaryl/α,β-unsaturated/α-hetero) is 1. The third-order valence-electron chi connectivity index (χ3n) is 2.40. The van der Waals surface area contributed by atoms with E-state index in [1.54, 1.807) is 0 Å². The molecule has 0 bridgehead atoms. The van der Waals surface area contributed by atoms with Crippen LogP contribution in [0, 0.1) is 0 Å². The maximum absolute atomic E-state index is 11.5. The van der Waals surface area contributed by atoms with Crippen LogP contribution < -0.4 is 0 Å². The van der Waals surface area contributed by atoms with Gasteiger partial charge in [-0.2, -0.15) is 0 Å². The molecule has 148 valence electrons. The maximum Gasteiger partial charge on any atom is 0.472 e. The summed E-state index contributed by atoms with van der Waals surface area (Å²) in [5, 5.41) is 37.1. The smallest absolute Gasteiger partial charge is 0.388 e. The number of aliphatic hydroxyl groups is 4. The van der Waals surface area contributed by atoms with Crippen molar-refractivity contribution in [2.75, 3.05) is 19.8 Å². The molecule has 0 spiro atoms. The van der Waals surface area contributed by atoms with E-state index in [-0.39, 0.29) is 6.29 Å². The van der Waals surface area contributed by atoms with Crippen molar-refractivity contribution in [2.24, 2.45) is 0 Å². The van der Waals surface area contributed by atoms with Gasteiger partial charge in [0.25, 0.3) is 0 Å². The first-order valence-corrected chi connectivity index (χ1v) is 9.34. The first-order chi connectivity index (χ1) is 11.3. The lowest BCUT2D eigenvalue weighted by Gasteiger charge is -2.22. The molecule has 0 aromatic carbocycles. The standard InChI is InChI=1S/C9H18O14P2/c10-1-5(11)2-22-25(19,20)23-4-7(13)9(15)8(14)6(12)3-21-24(16,17)18/h1,5-6,8-9,11-12,14-15H,2-4H2,(H,19,20)(H2,16,17,18)/t5?,6-,8-,9-/m1/s1. The van der Waals surface area contributed by atoms with Gasteiger partial charge in [-0.1, -0.05) is 0 Å². The highest BCUT2D eigenvalue weighted by molar-refractivity contribution is 7.47. The molecule has 25 heavy (non-hydrogen) atoms. The van der Waals surface area contributed by atoms with Crippen molar-refractivity contribution in [2.45, 2.75) is 24.4 Å². The van der Waals surface area contributed by atoms with Crippen molar-refractivity contribution >= 4 is 27.7 Å². The molecule has 0 aliphatic carbocycles. The minimum atomic E-state index is -4.96. The van der Waals surface area contributed by atoms with E-state index in [0.29, 0.717) is 0 Å². The van der Waals surface area contributed by atoms with Gasteiger partial charge >= 0.3 is 15.6 Å². The van der Waals surface area contributed by atoms with Crippen molar-refractivity contribution in [1.29, 1.82) is 0 Å². The number of hydrogen-bond acceptors (Lipinski definition) is 11. The first kappa shape index (κ1) is 24.4. The predicted octanol–water partition coefficient (Wildman–Crippen LogP) is -3.56. The highest BCUT2D eigenvalue weighted by Gasteiger charge is 2.33. The molecule has 7 N–H and O–H groups in total. The van der Waals surface area contributed by atoms with Crippen molar-refractivity contribution in [3.05, 3.63) is 0 Å². The Bertz CT molecular complexity index is 530. The van der Waals surface area contributed by atoms with E-state index in [1.807, 2.05) is 0 Å². The zero-order valence-electron chi connectivity index (χ0n) is 12.4. The highest BCUT2D eigenvalue weighted by atomic mass is 31.2. The number of ketones is 1. The summed E-state index contributed by atoms with van der Waals surface area (Å²) in [6.45, 7) is -3.30. The molecular weight excluding hydrogens is 394 g/mol. The summed E-state index contributed by atoms with van der Waals surface area (Å²) in [5.74, 6) is -1.39. The minimum Gasteiger partial charge on any atom is -0.388 e. The lowest BCUT2D eigenvalue weighted by molar-refractivity contribution is -0.142. The number of phosphoric acid groups is 2. The molecule has 16 heteroatoms. The third kappa shape index (κ3) is 10.9. The summed E-state index contributed by atoms with van der Waals surface area (Å²) in [7, 11) is -9.83. The molecule has 0 heterocycles. The minimum absolute atomic E-state index is 0.00631. The monoisotopic (exact) mass is 412 g/mol. The summed E-state index contributed by atoms with van der Waals surface area (Å²) >= 11 is 0. The second-order valence-electron chi connectivity index (χ2n) is 4.50. The Morgan fingerprint density at radius 1 is 0.960 bits per heavy atom. The highest BCUT2D eigenvalue weighted by Crippen LogP contribution is 2.43. The molecule has 0 aliphatic rings. The quantitative estimate of drug-likeness (QED) is 0.114. The fraction of sp³-hybridized carbons (Fsp3) is 0.778. The summed E-state index contributed by atoms with van der Waals surface area (Å²) in [6.07, 6.45) is -8.39. The molecule has 0 radical (unpaired) electrons. The Morgan fingerprint density at radius 2 is 1.52 bits per heavy atom. The Balaban J connectivity index is 4.46. The van der Waals surface area contributed by atoms with E-state index in [4.69, 9.17) is 19.8 Å². The van der Waals surface area contributed by atoms with E-state index < -0.39 is 65.7 Å². The van der Waals surface area contributed by atoms with E-state index in [9.17, 15) is 34.0 Å². The molecule has 0 rings (SSSR count). The molecule has 0 aliphatic heterocycles. The zero-order valence-corrected chi connectivity index (χ0v) is 14.2. The van der Waals surface area contributed by atoms with Gasteiger partial charge in [0, 0.05) is 0 Å². The van der Waals surface area contributed by atoms with Crippen LogP contribution in [0.25, 0.3) is 0 Å². The number of aldehydes is 1. The predicted molar refractivity (Wildman–Crippen MR) is 74.8 cm³/mol. The van der Waals surface area contributed by atoms with Gasteiger partial charge in [0.05, 0.1) is 13.2 Å². The average molecular weight is 412 g/mol. The fourth-order valence-corrected chi connectivity index (χ4v) is 2.20. The number of aliphatic hydroxyl groups excluding tert-OH is 4. The van der Waals surface area contributed by atoms with Gasteiger partial charge in [0.15, 0.2) is 12.1 Å². The van der Waals surface area contributed by atoms with Crippen LogP contribution in [-0.4, -0.2) is 91.4 Å². The number of carbonyl (C=O) groups is 2. The van der Waals surface area contributed by atoms with Crippen LogP contribution in [0.15, 0.2) is 0 Å². The van der Waals surface area contributed by atoms with Crippen LogP contribution in [0.2, 0.25) is 0 Å². The summed E-state index contributed by atoms with van der Waals surface area (Å²) in [5.41, 5.74) is 0. The average Bonchev–Trinajstić information content (AvgIpc) is 2.53. The van der Waals surface area contributed by atoms with Crippen LogP contribution >= 0.6 is 15.6 Å². The number of carbonyl (C=O) groups excluding carboxylic acids is 2. The Hall–Kier alpha value is -0.600. The van der Waals surface area contributed by atoms with Gasteiger partial charge < -0.3 is 39.9 Å². The van der Waals surface area contributed by atoms with Gasteiger partial charge in [-0.3, -0.25) is 18.4 Å². The zero-order chi connectivity index (χ0) is 19.8. The maximum atomic E-state index is 11.5. The van der Waals surface area contributed by atoms with Crippen LogP contribution in [-0.2, 0) is 32.3 Å². The Kier molecular flexibility index (Phi) is 10.3. The first-order valence-electron chi connectivity index (χ1n) is 6.31. The van der Waals surface area contributed by atoms with Crippen LogP contribution in [0.3, 0.4) is 0 Å². The van der Waals surface area contributed by atoms with Crippen molar-refractivity contribution in [3.8, 4) is 0 Å². The molecule has 0 aromatic heterocycles. The molecule has 0 saturated carbocycles. The van der Waals surface area contributed by atoms with Crippen LogP contribution in [0.4, 0.5) is 0 Å². The Labute approximate surface area is 140 Å². The van der Waals surface area contributed by atoms with Gasteiger partial charge in [-0.15, -0.1) is 0 Å². The van der Waals surface area contributed by atoms with Crippen molar-refractivity contribution in [1.82, 2.24) is 0 Å². The van der Waals surface area contributed by atoms with Crippen LogP contribution in [0.1, 0.15) is 0 Å². The van der Waals surface area contributed by atoms with E-state index in [2.05, 4.69) is 13.6 Å². The molecule has 0 amide bonds. The van der Waals surface area contributed by atoms with Crippen molar-refractivity contribution in [3.63, 3.8) is 0 Å². The number of phosphoric ester groups is 2. The second kappa shape index (κ2) is 10.5. The largest absolute Gasteiger partial charge is 0.472 e. The molecule has 5 atom stereocenters. The lowest BCUT2D eigenvalue weighted by atomic mass is 10.1. The molecule has 0 aromatic rings. The molecule has 0 fully saturated rings. The topological polar surface area (TPSA) is 238 Å². The molecule has 14 nitrogen and oxygen atoms in total. The van der Waals surface area contributed by atoms with Crippen molar-refractivity contribution < 1.29 is 67.4 Å². The van der Waals surface area contributed by atoms with Gasteiger partial charge in [0.1, 0.15) is 31.0 Å². The van der Waals surface area contributed by atoms with E-state index in [0.717, 1.165) is 0 Å². The van der Waals surface area contributed by atoms with Crippen LogP contribution in [0.5, 0.6) is 0 Å². The fourth-order valence-electron chi connectivity index (χ4n) is 1.15. The molecule has 0 saturated heterocycles. The molecular formula is C9H18O14P2. The SMILES string of the molecule is O=CC(O)COP(=O)(O)OCC(=O)[C@@H](O)[C@H](O)[C@H](O)COP(=O)(O)O. The number of hydrogen-bond donors (Lipinski definition) is 7. The normalized spacial score (nSPS) is 19.5. The van der Waals surface area contributed by atoms with E-state index >= 15 is 0 Å². The Morgan fingerprint density at radius 3 is 2.00 bits per heavy atom. The van der Waals surface area contributed by atoms with Gasteiger partial charge in [-0.05, 0) is 0 Å². The van der Waals surface area contributed by atoms with E-state index in [1.165, 1.54) is 0 Å². The van der Waals surface area contributed by atoms with Gasteiger partial charge in [-0.25, -0.2) is 9.13 Å². The number of rotatable bonds is 13. The summed E-state index contributed by atoms with van der Waals surface area (Å²) < 4.78 is 33.9. The second-order valence-corrected chi connectivity index (χ2v) is 7.19.